The fraction of sp³-hybridized carbons (Fsp3) is 0.300. The van der Waals surface area contributed by atoms with E-state index in [0.29, 0.717) is 13.0 Å². The Hall–Kier alpha value is -2.86. The van der Waals surface area contributed by atoms with E-state index in [1.807, 2.05) is 62.6 Å². The second-order valence-electron chi connectivity index (χ2n) is 6.13. The lowest BCUT2D eigenvalue weighted by Gasteiger charge is -2.20. The molecule has 0 atom stereocenters. The third kappa shape index (κ3) is 4.03. The van der Waals surface area contributed by atoms with Gasteiger partial charge in [-0.15, -0.1) is 0 Å². The molecule has 26 heavy (non-hydrogen) atoms. The number of anilines is 3. The van der Waals surface area contributed by atoms with Crippen molar-refractivity contribution in [2.75, 3.05) is 42.8 Å². The van der Waals surface area contributed by atoms with E-state index in [4.69, 9.17) is 15.1 Å². The van der Waals surface area contributed by atoms with Gasteiger partial charge in [0, 0.05) is 32.6 Å². The van der Waals surface area contributed by atoms with Crippen LogP contribution in [-0.2, 0) is 6.54 Å². The van der Waals surface area contributed by atoms with Gasteiger partial charge in [-0.25, -0.2) is 9.97 Å². The molecule has 0 radical (unpaired) electrons. The molecule has 6 heteroatoms. The average molecular weight is 351 g/mol. The second kappa shape index (κ2) is 8.49. The Labute approximate surface area is 153 Å². The number of nitrogens with one attached hydrogen (secondary N) is 2. The Kier molecular flexibility index (Phi) is 5.86. The van der Waals surface area contributed by atoms with Crippen LogP contribution in [0, 0.1) is 0 Å². The Bertz CT molecular complexity index is 868. The molecule has 0 fully saturated rings. The molecule has 0 amide bonds. The maximum atomic E-state index is 9.11. The van der Waals surface area contributed by atoms with Gasteiger partial charge in [0.1, 0.15) is 11.6 Å². The molecule has 0 aliphatic heterocycles. The van der Waals surface area contributed by atoms with Crippen LogP contribution < -0.4 is 15.5 Å². The molecule has 6 nitrogen and oxygen atoms in total. The van der Waals surface area contributed by atoms with Crippen molar-refractivity contribution < 1.29 is 5.11 Å². The first kappa shape index (κ1) is 17.9. The van der Waals surface area contributed by atoms with E-state index in [0.717, 1.165) is 40.5 Å². The fourth-order valence-corrected chi connectivity index (χ4v) is 2.92. The molecule has 0 saturated carbocycles. The summed E-state index contributed by atoms with van der Waals surface area (Å²) in [7, 11) is 3.90. The van der Waals surface area contributed by atoms with Crippen LogP contribution in [0.15, 0.2) is 48.5 Å². The maximum Gasteiger partial charge on any atom is 0.150 e. The molecule has 1 heterocycles. The minimum Gasteiger partial charge on any atom is -0.396 e. The number of hydrogen-bond acceptors (Lipinski definition) is 6. The highest BCUT2D eigenvalue weighted by atomic mass is 16.3. The minimum absolute atomic E-state index is 0.169. The SMILES string of the molecule is CNc1ccccc1NCc1nc(N(C)CCCO)c2ccccc2n1. The molecule has 1 aromatic heterocycles. The zero-order valence-corrected chi connectivity index (χ0v) is 15.2. The zero-order valence-electron chi connectivity index (χ0n) is 15.2. The van der Waals surface area contributed by atoms with Gasteiger partial charge in [0.15, 0.2) is 0 Å². The predicted molar refractivity (Wildman–Crippen MR) is 108 cm³/mol. The van der Waals surface area contributed by atoms with Gasteiger partial charge in [-0.2, -0.15) is 0 Å². The van der Waals surface area contributed by atoms with Crippen molar-refractivity contribution in [2.24, 2.45) is 0 Å². The number of benzene rings is 2. The summed E-state index contributed by atoms with van der Waals surface area (Å²) in [6.07, 6.45) is 0.706. The molecule has 0 bridgehead atoms. The van der Waals surface area contributed by atoms with Crippen molar-refractivity contribution in [3.05, 3.63) is 54.4 Å². The highest BCUT2D eigenvalue weighted by Gasteiger charge is 2.11. The summed E-state index contributed by atoms with van der Waals surface area (Å²) < 4.78 is 0. The van der Waals surface area contributed by atoms with Crippen LogP contribution in [0.2, 0.25) is 0 Å². The molecule has 0 saturated heterocycles. The van der Waals surface area contributed by atoms with Crippen molar-refractivity contribution in [3.8, 4) is 0 Å². The molecule has 3 N–H and O–H groups in total. The van der Waals surface area contributed by atoms with Gasteiger partial charge in [-0.05, 0) is 30.7 Å². The molecule has 3 aromatic rings. The first-order chi connectivity index (χ1) is 12.7. The number of nitrogens with zero attached hydrogens (tertiary/aromatic N) is 3. The Morgan fingerprint density at radius 2 is 1.73 bits per heavy atom. The number of rotatable bonds is 8. The summed E-state index contributed by atoms with van der Waals surface area (Å²) in [5.41, 5.74) is 2.97. The topological polar surface area (TPSA) is 73.3 Å². The van der Waals surface area contributed by atoms with Crippen molar-refractivity contribution in [1.29, 1.82) is 0 Å². The Morgan fingerprint density at radius 3 is 2.50 bits per heavy atom. The van der Waals surface area contributed by atoms with Crippen LogP contribution in [0.4, 0.5) is 17.2 Å². The van der Waals surface area contributed by atoms with E-state index in [2.05, 4.69) is 15.5 Å². The van der Waals surface area contributed by atoms with Crippen LogP contribution in [0.25, 0.3) is 10.9 Å². The predicted octanol–water partition coefficient (Wildman–Crippen LogP) is 3.10. The number of aliphatic hydroxyl groups excluding tert-OH is 1. The summed E-state index contributed by atoms with van der Waals surface area (Å²) >= 11 is 0. The summed E-state index contributed by atoms with van der Waals surface area (Å²) in [6.45, 7) is 1.44. The van der Waals surface area contributed by atoms with Gasteiger partial charge >= 0.3 is 0 Å². The van der Waals surface area contributed by atoms with Gasteiger partial charge in [0.2, 0.25) is 0 Å². The minimum atomic E-state index is 0.169. The Balaban J connectivity index is 1.88. The molecule has 3 rings (SSSR count). The van der Waals surface area contributed by atoms with Crippen molar-refractivity contribution in [3.63, 3.8) is 0 Å². The van der Waals surface area contributed by atoms with E-state index in [-0.39, 0.29) is 6.61 Å². The quantitative estimate of drug-likeness (QED) is 0.579. The van der Waals surface area contributed by atoms with Crippen LogP contribution in [0.1, 0.15) is 12.2 Å². The molecule has 0 aliphatic carbocycles. The molecule has 0 aliphatic rings. The highest BCUT2D eigenvalue weighted by molar-refractivity contribution is 5.89. The lowest BCUT2D eigenvalue weighted by atomic mass is 10.2. The summed E-state index contributed by atoms with van der Waals surface area (Å²) in [5, 5.41) is 16.7. The van der Waals surface area contributed by atoms with E-state index in [9.17, 15) is 0 Å². The van der Waals surface area contributed by atoms with Gasteiger partial charge in [0.05, 0.1) is 23.4 Å². The number of fused-ring (bicyclic) bond motifs is 1. The van der Waals surface area contributed by atoms with E-state index in [1.54, 1.807) is 0 Å². The average Bonchev–Trinajstić information content (AvgIpc) is 2.70. The zero-order chi connectivity index (χ0) is 18.4. The van der Waals surface area contributed by atoms with Crippen molar-refractivity contribution in [1.82, 2.24) is 9.97 Å². The van der Waals surface area contributed by atoms with E-state index < -0.39 is 0 Å². The van der Waals surface area contributed by atoms with Crippen LogP contribution in [0.3, 0.4) is 0 Å². The van der Waals surface area contributed by atoms with Gasteiger partial charge < -0.3 is 20.6 Å². The summed E-state index contributed by atoms with van der Waals surface area (Å²) in [5.74, 6) is 1.63. The molecule has 0 spiro atoms. The lowest BCUT2D eigenvalue weighted by molar-refractivity contribution is 0.290. The van der Waals surface area contributed by atoms with E-state index in [1.165, 1.54) is 0 Å². The van der Waals surface area contributed by atoms with Crippen LogP contribution in [0.5, 0.6) is 0 Å². The van der Waals surface area contributed by atoms with Crippen molar-refractivity contribution >= 4 is 28.1 Å². The van der Waals surface area contributed by atoms with Crippen molar-refractivity contribution in [2.45, 2.75) is 13.0 Å². The first-order valence-electron chi connectivity index (χ1n) is 8.81. The van der Waals surface area contributed by atoms with Gasteiger partial charge in [-0.1, -0.05) is 24.3 Å². The second-order valence-corrected chi connectivity index (χ2v) is 6.13. The largest absolute Gasteiger partial charge is 0.396 e. The molecular formula is C20H25N5O. The standard InChI is InChI=1S/C20H25N5O/c1-21-17-10-5-6-11-18(17)22-14-19-23-16-9-4-3-8-15(16)20(24-19)25(2)12-7-13-26/h3-6,8-11,21-22,26H,7,12-14H2,1-2H3. The third-order valence-corrected chi connectivity index (χ3v) is 4.28. The first-order valence-corrected chi connectivity index (χ1v) is 8.81. The monoisotopic (exact) mass is 351 g/mol. The molecule has 136 valence electrons. The van der Waals surface area contributed by atoms with Crippen LogP contribution in [-0.4, -0.2) is 42.3 Å². The lowest BCUT2D eigenvalue weighted by Crippen LogP contribution is -2.22. The number of para-hydroxylation sites is 3. The van der Waals surface area contributed by atoms with Gasteiger partial charge in [0.25, 0.3) is 0 Å². The summed E-state index contributed by atoms with van der Waals surface area (Å²) in [6, 6.07) is 16.1. The molecule has 0 unspecified atom stereocenters. The smallest absolute Gasteiger partial charge is 0.150 e. The molecular weight excluding hydrogens is 326 g/mol. The van der Waals surface area contributed by atoms with Gasteiger partial charge in [-0.3, -0.25) is 0 Å². The normalized spacial score (nSPS) is 10.7. The highest BCUT2D eigenvalue weighted by Crippen LogP contribution is 2.24. The number of aliphatic hydroxyl groups is 1. The number of aromatic nitrogens is 2. The fourth-order valence-electron chi connectivity index (χ4n) is 2.92. The van der Waals surface area contributed by atoms with Crippen LogP contribution >= 0.6 is 0 Å². The third-order valence-electron chi connectivity index (χ3n) is 4.28. The maximum absolute atomic E-state index is 9.11. The van der Waals surface area contributed by atoms with E-state index >= 15 is 0 Å². The number of hydrogen-bond donors (Lipinski definition) is 3. The Morgan fingerprint density at radius 1 is 1.00 bits per heavy atom. The molecule has 2 aromatic carbocycles. The summed E-state index contributed by atoms with van der Waals surface area (Å²) in [4.78, 5) is 11.5.